The third-order valence-electron chi connectivity index (χ3n) is 3.85. The zero-order valence-electron chi connectivity index (χ0n) is 12.0. The summed E-state index contributed by atoms with van der Waals surface area (Å²) in [6.45, 7) is 4.45. The molecule has 1 amide bonds. The van der Waals surface area contributed by atoms with Gasteiger partial charge in [-0.1, -0.05) is 13.0 Å². The number of rotatable bonds is 5. The van der Waals surface area contributed by atoms with Gasteiger partial charge in [-0.05, 0) is 30.7 Å². The van der Waals surface area contributed by atoms with Gasteiger partial charge < -0.3 is 16.4 Å². The van der Waals surface area contributed by atoms with Gasteiger partial charge in [-0.2, -0.15) is 0 Å². The van der Waals surface area contributed by atoms with Gasteiger partial charge in [0.25, 0.3) is 0 Å². The van der Waals surface area contributed by atoms with Crippen molar-refractivity contribution in [1.82, 2.24) is 0 Å². The second kappa shape index (κ2) is 6.99. The lowest BCUT2D eigenvalue weighted by atomic mass is 9.95. The summed E-state index contributed by atoms with van der Waals surface area (Å²) in [5.74, 6) is 0.903. The van der Waals surface area contributed by atoms with E-state index in [9.17, 15) is 4.79 Å². The van der Waals surface area contributed by atoms with E-state index in [2.05, 4.69) is 30.0 Å². The summed E-state index contributed by atoms with van der Waals surface area (Å²) in [6.07, 6.45) is 1.68. The Bertz CT molecular complexity index is 470. The monoisotopic (exact) mass is 293 g/mol. The maximum absolute atomic E-state index is 11.2. The number of hydrogen-bond acceptors (Lipinski definition) is 4. The molecule has 1 heterocycles. The number of nitrogens with zero attached hydrogens (tertiary/aromatic N) is 1. The minimum absolute atomic E-state index is 0.0285. The first kappa shape index (κ1) is 15.2. The lowest BCUT2D eigenvalue weighted by Gasteiger charge is -2.34. The Morgan fingerprint density at radius 1 is 1.40 bits per heavy atom. The summed E-state index contributed by atoms with van der Waals surface area (Å²) < 4.78 is 0. The molecular formula is C15H23N3OS. The van der Waals surface area contributed by atoms with Crippen molar-refractivity contribution < 1.29 is 4.79 Å². The SMILES string of the molecule is CCSc1cccc(N2CCC(C(N)=O)CC2)c1CN. The van der Waals surface area contributed by atoms with Gasteiger partial charge in [-0.15, -0.1) is 11.8 Å². The van der Waals surface area contributed by atoms with Crippen LogP contribution in [0.3, 0.4) is 0 Å². The number of nitrogens with two attached hydrogens (primary N) is 2. The van der Waals surface area contributed by atoms with Crippen LogP contribution in [0, 0.1) is 5.92 Å². The van der Waals surface area contributed by atoms with E-state index < -0.39 is 0 Å². The predicted octanol–water partition coefficient (Wildman–Crippen LogP) is 1.96. The molecule has 4 N–H and O–H groups in total. The summed E-state index contributed by atoms with van der Waals surface area (Å²) >= 11 is 1.83. The number of carbonyl (C=O) groups is 1. The fourth-order valence-corrected chi connectivity index (χ4v) is 3.60. The smallest absolute Gasteiger partial charge is 0.220 e. The van der Waals surface area contributed by atoms with Crippen LogP contribution in [0.5, 0.6) is 0 Å². The molecule has 1 aliphatic heterocycles. The number of primary amides is 1. The average Bonchev–Trinajstić information content (AvgIpc) is 2.47. The van der Waals surface area contributed by atoms with Crippen LogP contribution < -0.4 is 16.4 Å². The second-order valence-electron chi connectivity index (χ2n) is 5.05. The highest BCUT2D eigenvalue weighted by atomic mass is 32.2. The van der Waals surface area contributed by atoms with Crippen LogP contribution in [0.25, 0.3) is 0 Å². The number of thioether (sulfide) groups is 1. The zero-order chi connectivity index (χ0) is 14.5. The Morgan fingerprint density at radius 3 is 2.65 bits per heavy atom. The summed E-state index contributed by atoms with van der Waals surface area (Å²) in [4.78, 5) is 14.8. The van der Waals surface area contributed by atoms with Gasteiger partial charge in [-0.25, -0.2) is 0 Å². The number of amides is 1. The molecule has 110 valence electrons. The fourth-order valence-electron chi connectivity index (χ4n) is 2.75. The number of piperidine rings is 1. The number of hydrogen-bond donors (Lipinski definition) is 2. The van der Waals surface area contributed by atoms with Crippen molar-refractivity contribution in [2.45, 2.75) is 31.2 Å². The molecule has 4 nitrogen and oxygen atoms in total. The average molecular weight is 293 g/mol. The van der Waals surface area contributed by atoms with Crippen LogP contribution in [0.15, 0.2) is 23.1 Å². The van der Waals surface area contributed by atoms with E-state index in [1.165, 1.54) is 16.1 Å². The van der Waals surface area contributed by atoms with E-state index in [1.807, 2.05) is 11.8 Å². The Morgan fingerprint density at radius 2 is 2.10 bits per heavy atom. The van der Waals surface area contributed by atoms with Gasteiger partial charge >= 0.3 is 0 Å². The molecule has 0 unspecified atom stereocenters. The summed E-state index contributed by atoms with van der Waals surface area (Å²) in [7, 11) is 0. The van der Waals surface area contributed by atoms with Gasteiger partial charge in [-0.3, -0.25) is 4.79 Å². The van der Waals surface area contributed by atoms with Crippen LogP contribution in [-0.2, 0) is 11.3 Å². The molecule has 2 rings (SSSR count). The van der Waals surface area contributed by atoms with Crippen molar-refractivity contribution in [1.29, 1.82) is 0 Å². The molecule has 1 saturated heterocycles. The Kier molecular flexibility index (Phi) is 5.31. The number of carbonyl (C=O) groups excluding carboxylic acids is 1. The molecule has 1 fully saturated rings. The van der Waals surface area contributed by atoms with E-state index in [-0.39, 0.29) is 11.8 Å². The van der Waals surface area contributed by atoms with Crippen molar-refractivity contribution in [3.05, 3.63) is 23.8 Å². The molecule has 5 heteroatoms. The Labute approximate surface area is 124 Å². The van der Waals surface area contributed by atoms with Crippen molar-refractivity contribution >= 4 is 23.4 Å². The zero-order valence-corrected chi connectivity index (χ0v) is 12.8. The molecule has 20 heavy (non-hydrogen) atoms. The molecule has 0 radical (unpaired) electrons. The highest BCUT2D eigenvalue weighted by Gasteiger charge is 2.24. The molecule has 0 saturated carbocycles. The molecule has 0 spiro atoms. The van der Waals surface area contributed by atoms with Crippen molar-refractivity contribution in [3.63, 3.8) is 0 Å². The minimum atomic E-state index is -0.168. The summed E-state index contributed by atoms with van der Waals surface area (Å²) in [5.41, 5.74) is 13.8. The van der Waals surface area contributed by atoms with E-state index in [1.54, 1.807) is 0 Å². The molecule has 1 aliphatic rings. The molecule has 0 bridgehead atoms. The Hall–Kier alpha value is -1.20. The predicted molar refractivity (Wildman–Crippen MR) is 84.9 cm³/mol. The van der Waals surface area contributed by atoms with Crippen LogP contribution in [0.2, 0.25) is 0 Å². The van der Waals surface area contributed by atoms with Gasteiger partial charge in [0, 0.05) is 41.7 Å². The maximum Gasteiger partial charge on any atom is 0.220 e. The van der Waals surface area contributed by atoms with E-state index in [0.717, 1.165) is 31.7 Å². The Balaban J connectivity index is 2.17. The summed E-state index contributed by atoms with van der Waals surface area (Å²) in [5, 5.41) is 0. The van der Waals surface area contributed by atoms with Crippen LogP contribution >= 0.6 is 11.8 Å². The van der Waals surface area contributed by atoms with E-state index in [0.29, 0.717) is 6.54 Å². The van der Waals surface area contributed by atoms with Crippen LogP contribution in [-0.4, -0.2) is 24.7 Å². The van der Waals surface area contributed by atoms with Crippen LogP contribution in [0.1, 0.15) is 25.3 Å². The van der Waals surface area contributed by atoms with Crippen molar-refractivity contribution in [2.24, 2.45) is 17.4 Å². The molecule has 0 atom stereocenters. The first-order valence-corrected chi connectivity index (χ1v) is 8.15. The van der Waals surface area contributed by atoms with E-state index in [4.69, 9.17) is 11.5 Å². The molecule has 1 aromatic carbocycles. The quantitative estimate of drug-likeness (QED) is 0.814. The van der Waals surface area contributed by atoms with E-state index >= 15 is 0 Å². The molecular weight excluding hydrogens is 270 g/mol. The second-order valence-corrected chi connectivity index (χ2v) is 6.36. The lowest BCUT2D eigenvalue weighted by Crippen LogP contribution is -2.39. The number of anilines is 1. The normalized spacial score (nSPS) is 16.4. The third-order valence-corrected chi connectivity index (χ3v) is 4.83. The topological polar surface area (TPSA) is 72.3 Å². The van der Waals surface area contributed by atoms with Gasteiger partial charge in [0.05, 0.1) is 0 Å². The fraction of sp³-hybridized carbons (Fsp3) is 0.533. The molecule has 0 aromatic heterocycles. The summed E-state index contributed by atoms with van der Waals surface area (Å²) in [6, 6.07) is 6.36. The minimum Gasteiger partial charge on any atom is -0.371 e. The van der Waals surface area contributed by atoms with Crippen molar-refractivity contribution in [3.8, 4) is 0 Å². The largest absolute Gasteiger partial charge is 0.371 e. The standard InChI is InChI=1S/C15H23N3OS/c1-2-20-14-5-3-4-13(12(14)10-16)18-8-6-11(7-9-18)15(17)19/h3-5,11H,2,6-10,16H2,1H3,(H2,17,19). The highest BCUT2D eigenvalue weighted by molar-refractivity contribution is 7.99. The molecule has 0 aliphatic carbocycles. The highest BCUT2D eigenvalue weighted by Crippen LogP contribution is 2.32. The molecule has 1 aromatic rings. The first-order valence-electron chi connectivity index (χ1n) is 7.16. The maximum atomic E-state index is 11.2. The van der Waals surface area contributed by atoms with Gasteiger partial charge in [0.1, 0.15) is 0 Å². The lowest BCUT2D eigenvalue weighted by molar-refractivity contribution is -0.122. The number of benzene rings is 1. The van der Waals surface area contributed by atoms with Gasteiger partial charge in [0.15, 0.2) is 0 Å². The van der Waals surface area contributed by atoms with Crippen molar-refractivity contribution in [2.75, 3.05) is 23.7 Å². The third kappa shape index (κ3) is 3.27. The van der Waals surface area contributed by atoms with Crippen LogP contribution in [0.4, 0.5) is 5.69 Å². The first-order chi connectivity index (χ1) is 9.67. The van der Waals surface area contributed by atoms with Gasteiger partial charge in [0.2, 0.25) is 5.91 Å².